The SMILES string of the molecule is CCCS(=O)(=O)Nc1ccc(F)c(C(=O)c2n[nH]c3ncc(-c4ccc(F)cc4C)cc23)c1F. The Morgan fingerprint density at radius 3 is 2.59 bits per heavy atom. The van der Waals surface area contributed by atoms with Crippen molar-refractivity contribution in [1.29, 1.82) is 0 Å². The summed E-state index contributed by atoms with van der Waals surface area (Å²) in [5.41, 5.74) is 0.236. The highest BCUT2D eigenvalue weighted by Gasteiger charge is 2.27. The fourth-order valence-electron chi connectivity index (χ4n) is 3.62. The minimum atomic E-state index is -3.88. The van der Waals surface area contributed by atoms with Crippen molar-refractivity contribution in [2.24, 2.45) is 0 Å². The zero-order valence-electron chi connectivity index (χ0n) is 18.1. The lowest BCUT2D eigenvalue weighted by molar-refractivity contribution is 0.102. The van der Waals surface area contributed by atoms with E-state index in [0.717, 1.165) is 12.1 Å². The number of nitrogens with one attached hydrogen (secondary N) is 2. The number of halogens is 3. The predicted molar refractivity (Wildman–Crippen MR) is 122 cm³/mol. The van der Waals surface area contributed by atoms with E-state index >= 15 is 4.39 Å². The summed E-state index contributed by atoms with van der Waals surface area (Å²) in [4.78, 5) is 17.4. The largest absolute Gasteiger partial charge is 0.287 e. The Morgan fingerprint density at radius 1 is 1.12 bits per heavy atom. The molecule has 2 aromatic heterocycles. The summed E-state index contributed by atoms with van der Waals surface area (Å²) < 4.78 is 69.3. The van der Waals surface area contributed by atoms with Crippen molar-refractivity contribution < 1.29 is 26.4 Å². The molecule has 0 atom stereocenters. The second-order valence-corrected chi connectivity index (χ2v) is 9.53. The molecule has 0 bridgehead atoms. The minimum absolute atomic E-state index is 0.196. The van der Waals surface area contributed by atoms with Crippen molar-refractivity contribution in [3.63, 3.8) is 0 Å². The molecule has 2 N–H and O–H groups in total. The molecule has 2 heterocycles. The van der Waals surface area contributed by atoms with Gasteiger partial charge in [0.15, 0.2) is 11.5 Å². The van der Waals surface area contributed by atoms with E-state index < -0.39 is 44.5 Å². The number of sulfonamides is 1. The molecule has 0 unspecified atom stereocenters. The van der Waals surface area contributed by atoms with Gasteiger partial charge in [0.05, 0.1) is 22.4 Å². The first kappa shape index (κ1) is 23.4. The number of H-pyrrole nitrogens is 1. The van der Waals surface area contributed by atoms with E-state index in [1.165, 1.54) is 18.3 Å². The second kappa shape index (κ2) is 8.90. The van der Waals surface area contributed by atoms with Crippen LogP contribution in [0.1, 0.15) is 35.0 Å². The van der Waals surface area contributed by atoms with Crippen molar-refractivity contribution in [1.82, 2.24) is 15.2 Å². The van der Waals surface area contributed by atoms with Crippen molar-refractivity contribution in [2.75, 3.05) is 10.5 Å². The molecule has 0 saturated carbocycles. The van der Waals surface area contributed by atoms with E-state index in [2.05, 4.69) is 15.2 Å². The summed E-state index contributed by atoms with van der Waals surface area (Å²) in [6.45, 7) is 3.34. The number of aromatic nitrogens is 3. The maximum absolute atomic E-state index is 15.1. The van der Waals surface area contributed by atoms with Gasteiger partial charge in [-0.25, -0.2) is 26.6 Å². The molecular weight excluding hydrogens is 469 g/mol. The Kier molecular flexibility index (Phi) is 6.13. The van der Waals surface area contributed by atoms with Crippen molar-refractivity contribution in [2.45, 2.75) is 20.3 Å². The number of hydrogen-bond donors (Lipinski definition) is 2. The fourth-order valence-corrected chi connectivity index (χ4v) is 4.75. The van der Waals surface area contributed by atoms with Crippen LogP contribution in [0.5, 0.6) is 0 Å². The smallest absolute Gasteiger partial charge is 0.232 e. The molecule has 2 aromatic carbocycles. The Bertz CT molecular complexity index is 1530. The molecule has 0 fully saturated rings. The molecule has 0 spiro atoms. The molecule has 0 aliphatic heterocycles. The van der Waals surface area contributed by atoms with E-state index in [1.54, 1.807) is 26.0 Å². The third-order valence-corrected chi connectivity index (χ3v) is 6.66. The first-order valence-electron chi connectivity index (χ1n) is 10.2. The van der Waals surface area contributed by atoms with Crippen LogP contribution in [0, 0.1) is 24.4 Å². The van der Waals surface area contributed by atoms with Crippen LogP contribution < -0.4 is 4.72 Å². The molecule has 34 heavy (non-hydrogen) atoms. The molecule has 11 heteroatoms. The molecule has 0 aliphatic rings. The average Bonchev–Trinajstić information content (AvgIpc) is 3.19. The molecule has 176 valence electrons. The van der Waals surface area contributed by atoms with Crippen LogP contribution in [0.4, 0.5) is 18.9 Å². The Labute approximate surface area is 193 Å². The maximum Gasteiger partial charge on any atom is 0.232 e. The quantitative estimate of drug-likeness (QED) is 0.366. The number of carbonyl (C=O) groups is 1. The molecule has 7 nitrogen and oxygen atoms in total. The van der Waals surface area contributed by atoms with Gasteiger partial charge >= 0.3 is 0 Å². The van der Waals surface area contributed by atoms with E-state index in [4.69, 9.17) is 0 Å². The first-order chi connectivity index (χ1) is 16.1. The zero-order valence-corrected chi connectivity index (χ0v) is 18.9. The Hall–Kier alpha value is -3.73. The van der Waals surface area contributed by atoms with Gasteiger partial charge in [0.1, 0.15) is 17.3 Å². The number of fused-ring (bicyclic) bond motifs is 1. The molecule has 0 saturated heterocycles. The maximum atomic E-state index is 15.1. The van der Waals surface area contributed by atoms with Crippen LogP contribution in [0.25, 0.3) is 22.2 Å². The van der Waals surface area contributed by atoms with Gasteiger partial charge in [-0.05, 0) is 54.8 Å². The number of nitrogens with zero attached hydrogens (tertiary/aromatic N) is 2. The van der Waals surface area contributed by atoms with E-state index in [-0.39, 0.29) is 28.9 Å². The molecule has 4 aromatic rings. The predicted octanol–water partition coefficient (Wildman–Crippen LogP) is 4.73. The lowest BCUT2D eigenvalue weighted by atomic mass is 9.99. The van der Waals surface area contributed by atoms with Crippen LogP contribution in [-0.2, 0) is 10.0 Å². The number of carbonyl (C=O) groups excluding carboxylic acids is 1. The first-order valence-corrected chi connectivity index (χ1v) is 11.9. The average molecular weight is 488 g/mol. The number of aromatic amines is 1. The van der Waals surface area contributed by atoms with Crippen LogP contribution >= 0.6 is 0 Å². The number of pyridine rings is 1. The van der Waals surface area contributed by atoms with Gasteiger partial charge in [-0.1, -0.05) is 13.0 Å². The molecule has 0 amide bonds. The Morgan fingerprint density at radius 2 is 1.88 bits per heavy atom. The van der Waals surface area contributed by atoms with Crippen molar-refractivity contribution in [3.05, 3.63) is 76.9 Å². The van der Waals surface area contributed by atoms with Gasteiger partial charge in [0.25, 0.3) is 0 Å². The van der Waals surface area contributed by atoms with E-state index in [1.807, 2.05) is 4.72 Å². The minimum Gasteiger partial charge on any atom is -0.287 e. The summed E-state index contributed by atoms with van der Waals surface area (Å²) in [7, 11) is -3.88. The van der Waals surface area contributed by atoms with Gasteiger partial charge in [0.2, 0.25) is 15.8 Å². The lowest BCUT2D eigenvalue weighted by Crippen LogP contribution is -2.18. The van der Waals surface area contributed by atoms with Gasteiger partial charge in [-0.3, -0.25) is 14.6 Å². The third kappa shape index (κ3) is 4.38. The molecular formula is C23H19F3N4O3S. The Balaban J connectivity index is 1.80. The highest BCUT2D eigenvalue weighted by Crippen LogP contribution is 2.30. The molecule has 0 aliphatic carbocycles. The van der Waals surface area contributed by atoms with Crippen LogP contribution in [-0.4, -0.2) is 35.1 Å². The summed E-state index contributed by atoms with van der Waals surface area (Å²) in [6, 6.07) is 7.46. The number of ketones is 1. The number of rotatable bonds is 7. The normalized spacial score (nSPS) is 11.7. The highest BCUT2D eigenvalue weighted by atomic mass is 32.2. The monoisotopic (exact) mass is 488 g/mol. The van der Waals surface area contributed by atoms with Gasteiger partial charge < -0.3 is 0 Å². The number of benzene rings is 2. The van der Waals surface area contributed by atoms with E-state index in [9.17, 15) is 22.0 Å². The third-order valence-electron chi connectivity index (χ3n) is 5.19. The van der Waals surface area contributed by atoms with E-state index in [0.29, 0.717) is 16.7 Å². The second-order valence-electron chi connectivity index (χ2n) is 7.69. The standard InChI is InChI=1S/C23H19F3N4O3S/c1-3-8-34(32,33)30-18-7-6-17(25)19(20(18)26)22(31)21-16-10-13(11-27-23(16)29-28-21)15-5-4-14(24)9-12(15)2/h4-7,9-11,30H,3,8H2,1-2H3,(H,27,28,29). The van der Waals surface area contributed by atoms with Crippen LogP contribution in [0.15, 0.2) is 42.6 Å². The zero-order chi connectivity index (χ0) is 24.6. The fraction of sp³-hybridized carbons (Fsp3) is 0.174. The van der Waals surface area contributed by atoms with Gasteiger partial charge in [0, 0.05) is 11.8 Å². The molecule has 4 rings (SSSR count). The summed E-state index contributed by atoms with van der Waals surface area (Å²) >= 11 is 0. The van der Waals surface area contributed by atoms with Crippen LogP contribution in [0.2, 0.25) is 0 Å². The summed E-state index contributed by atoms with van der Waals surface area (Å²) in [5.74, 6) is -4.29. The van der Waals surface area contributed by atoms with Crippen molar-refractivity contribution in [3.8, 4) is 11.1 Å². The summed E-state index contributed by atoms with van der Waals surface area (Å²) in [5, 5.41) is 6.64. The highest BCUT2D eigenvalue weighted by molar-refractivity contribution is 7.92. The lowest BCUT2D eigenvalue weighted by Gasteiger charge is -2.11. The number of anilines is 1. The van der Waals surface area contributed by atoms with Crippen molar-refractivity contribution >= 4 is 32.5 Å². The molecule has 0 radical (unpaired) electrons. The topological polar surface area (TPSA) is 105 Å². The van der Waals surface area contributed by atoms with Gasteiger partial charge in [-0.2, -0.15) is 5.10 Å². The van der Waals surface area contributed by atoms with Crippen LogP contribution in [0.3, 0.4) is 0 Å². The number of hydrogen-bond acceptors (Lipinski definition) is 5. The van der Waals surface area contributed by atoms with Gasteiger partial charge in [-0.15, -0.1) is 0 Å². The summed E-state index contributed by atoms with van der Waals surface area (Å²) in [6.07, 6.45) is 1.78. The number of aryl methyl sites for hydroxylation is 1.